The predicted octanol–water partition coefficient (Wildman–Crippen LogP) is 0.724. The van der Waals surface area contributed by atoms with Crippen molar-refractivity contribution < 1.29 is 4.79 Å². The second-order valence-corrected chi connectivity index (χ2v) is 4.72. The molecule has 0 aliphatic carbocycles. The van der Waals surface area contributed by atoms with E-state index in [0.717, 1.165) is 16.5 Å². The molecule has 1 fully saturated rings. The van der Waals surface area contributed by atoms with Gasteiger partial charge in [-0.2, -0.15) is 0 Å². The Morgan fingerprint density at radius 3 is 2.73 bits per heavy atom. The average Bonchev–Trinajstić information content (AvgIpc) is 2.53. The van der Waals surface area contributed by atoms with E-state index in [2.05, 4.69) is 37.9 Å². The first-order chi connectivity index (χ1) is 7.16. The number of hydrogen-bond donors (Lipinski definition) is 1. The molecule has 0 bridgehead atoms. The summed E-state index contributed by atoms with van der Waals surface area (Å²) in [5, 5.41) is 3.03. The summed E-state index contributed by atoms with van der Waals surface area (Å²) in [5.41, 5.74) is 0. The molecular weight excluding hydrogens is 307 g/mol. The third-order valence-electron chi connectivity index (χ3n) is 2.35. The Morgan fingerprint density at radius 2 is 2.20 bits per heavy atom. The third-order valence-corrected chi connectivity index (χ3v) is 2.91. The van der Waals surface area contributed by atoms with Crippen LogP contribution < -0.4 is 5.32 Å². The summed E-state index contributed by atoms with van der Waals surface area (Å²) in [6.07, 6.45) is 4.25. The van der Waals surface area contributed by atoms with Crippen molar-refractivity contribution in [1.29, 1.82) is 0 Å². The summed E-state index contributed by atoms with van der Waals surface area (Å²) >= 11 is 2.14. The van der Waals surface area contributed by atoms with Gasteiger partial charge >= 0.3 is 0 Å². The van der Waals surface area contributed by atoms with Gasteiger partial charge in [-0.25, -0.2) is 9.97 Å². The Hall–Kier alpha value is -0.920. The fourth-order valence-electron chi connectivity index (χ4n) is 1.50. The molecule has 15 heavy (non-hydrogen) atoms. The summed E-state index contributed by atoms with van der Waals surface area (Å²) < 4.78 is 0.980. The summed E-state index contributed by atoms with van der Waals surface area (Å²) in [7, 11) is 1.80. The van der Waals surface area contributed by atoms with Gasteiger partial charge in [-0.3, -0.25) is 4.79 Å². The minimum absolute atomic E-state index is 0.108. The van der Waals surface area contributed by atoms with Crippen LogP contribution in [0.25, 0.3) is 0 Å². The topological polar surface area (TPSA) is 58.1 Å². The van der Waals surface area contributed by atoms with Gasteiger partial charge in [-0.15, -0.1) is 0 Å². The number of halogens is 1. The minimum Gasteiger partial charge on any atom is -0.344 e. The van der Waals surface area contributed by atoms with Gasteiger partial charge in [0, 0.05) is 29.6 Å². The molecule has 1 aromatic rings. The number of nitrogens with one attached hydrogen (secondary N) is 1. The van der Waals surface area contributed by atoms with Crippen molar-refractivity contribution in [2.24, 2.45) is 0 Å². The molecule has 1 aliphatic heterocycles. The molecule has 6 heteroatoms. The monoisotopic (exact) mass is 318 g/mol. The first-order valence-electron chi connectivity index (χ1n) is 4.66. The fourth-order valence-corrected chi connectivity index (χ4v) is 1.78. The molecular formula is C9H11IN4O. The molecule has 1 aromatic heterocycles. The SMILES string of the molecule is CN1CCC(Nc2ncc(I)cn2)C1=O. The Bertz CT molecular complexity index is 367. The number of amides is 1. The van der Waals surface area contributed by atoms with Gasteiger partial charge in [0.1, 0.15) is 6.04 Å². The van der Waals surface area contributed by atoms with E-state index in [9.17, 15) is 4.79 Å². The number of nitrogens with zero attached hydrogens (tertiary/aromatic N) is 3. The Morgan fingerprint density at radius 1 is 1.53 bits per heavy atom. The van der Waals surface area contributed by atoms with Crippen LogP contribution in [0.3, 0.4) is 0 Å². The lowest BCUT2D eigenvalue weighted by atomic mass is 10.2. The predicted molar refractivity (Wildman–Crippen MR) is 64.4 cm³/mol. The molecule has 1 N–H and O–H groups in total. The number of aromatic nitrogens is 2. The minimum atomic E-state index is -0.171. The van der Waals surface area contributed by atoms with Gasteiger partial charge in [0.05, 0.1) is 0 Å². The molecule has 1 atom stereocenters. The van der Waals surface area contributed by atoms with Crippen molar-refractivity contribution in [3.05, 3.63) is 16.0 Å². The number of hydrogen-bond acceptors (Lipinski definition) is 4. The maximum absolute atomic E-state index is 11.6. The van der Waals surface area contributed by atoms with E-state index in [4.69, 9.17) is 0 Å². The van der Waals surface area contributed by atoms with Crippen LogP contribution in [0.1, 0.15) is 6.42 Å². The highest BCUT2D eigenvalue weighted by Gasteiger charge is 2.29. The van der Waals surface area contributed by atoms with Crippen LogP contribution in [0.2, 0.25) is 0 Å². The smallest absolute Gasteiger partial charge is 0.244 e. The maximum Gasteiger partial charge on any atom is 0.244 e. The van der Waals surface area contributed by atoms with Crippen LogP contribution in [0, 0.1) is 3.57 Å². The fraction of sp³-hybridized carbons (Fsp3) is 0.444. The third kappa shape index (κ3) is 2.36. The molecule has 0 aromatic carbocycles. The standard InChI is InChI=1S/C9H11IN4O/c1-14-3-2-7(8(14)15)13-9-11-4-6(10)5-12-9/h4-5,7H,2-3H2,1H3,(H,11,12,13). The van der Waals surface area contributed by atoms with Crippen molar-refractivity contribution >= 4 is 34.4 Å². The largest absolute Gasteiger partial charge is 0.344 e. The summed E-state index contributed by atoms with van der Waals surface area (Å²) in [6.45, 7) is 0.793. The van der Waals surface area contributed by atoms with Crippen LogP contribution in [-0.4, -0.2) is 40.4 Å². The Labute approximate surface area is 101 Å². The highest BCUT2D eigenvalue weighted by atomic mass is 127. The van der Waals surface area contributed by atoms with E-state index < -0.39 is 0 Å². The quantitative estimate of drug-likeness (QED) is 0.817. The van der Waals surface area contributed by atoms with E-state index in [0.29, 0.717) is 5.95 Å². The van der Waals surface area contributed by atoms with Crippen molar-refractivity contribution in [3.8, 4) is 0 Å². The van der Waals surface area contributed by atoms with Crippen LogP contribution in [0.15, 0.2) is 12.4 Å². The molecule has 1 saturated heterocycles. The van der Waals surface area contributed by atoms with Crippen molar-refractivity contribution in [1.82, 2.24) is 14.9 Å². The lowest BCUT2D eigenvalue weighted by Gasteiger charge is -2.11. The average molecular weight is 318 g/mol. The van der Waals surface area contributed by atoms with Gasteiger partial charge in [-0.05, 0) is 29.0 Å². The van der Waals surface area contributed by atoms with Crippen molar-refractivity contribution in [3.63, 3.8) is 0 Å². The molecule has 0 spiro atoms. The molecule has 1 amide bonds. The molecule has 1 unspecified atom stereocenters. The Balaban J connectivity index is 2.03. The second kappa shape index (κ2) is 4.30. The number of likely N-dealkylation sites (tertiary alicyclic amines) is 1. The van der Waals surface area contributed by atoms with E-state index in [1.807, 2.05) is 0 Å². The van der Waals surface area contributed by atoms with E-state index in [-0.39, 0.29) is 11.9 Å². The lowest BCUT2D eigenvalue weighted by molar-refractivity contribution is -0.127. The summed E-state index contributed by atoms with van der Waals surface area (Å²) in [5.74, 6) is 0.626. The summed E-state index contributed by atoms with van der Waals surface area (Å²) in [6, 6.07) is -0.171. The van der Waals surface area contributed by atoms with Crippen molar-refractivity contribution in [2.45, 2.75) is 12.5 Å². The molecule has 2 heterocycles. The van der Waals surface area contributed by atoms with Crippen molar-refractivity contribution in [2.75, 3.05) is 18.9 Å². The van der Waals surface area contributed by atoms with Gasteiger partial charge in [0.2, 0.25) is 11.9 Å². The first-order valence-corrected chi connectivity index (χ1v) is 5.74. The number of rotatable bonds is 2. The normalized spacial score (nSPS) is 20.8. The zero-order chi connectivity index (χ0) is 10.8. The zero-order valence-corrected chi connectivity index (χ0v) is 10.4. The molecule has 80 valence electrons. The van der Waals surface area contributed by atoms with Gasteiger partial charge in [0.15, 0.2) is 0 Å². The van der Waals surface area contributed by atoms with Crippen LogP contribution in [0.4, 0.5) is 5.95 Å². The molecule has 2 rings (SSSR count). The van der Waals surface area contributed by atoms with E-state index in [1.165, 1.54) is 0 Å². The number of carbonyl (C=O) groups excluding carboxylic acids is 1. The van der Waals surface area contributed by atoms with Gasteiger partial charge in [0.25, 0.3) is 0 Å². The highest BCUT2D eigenvalue weighted by molar-refractivity contribution is 14.1. The van der Waals surface area contributed by atoms with Gasteiger partial charge < -0.3 is 10.2 Å². The lowest BCUT2D eigenvalue weighted by Crippen LogP contribution is -2.31. The molecule has 5 nitrogen and oxygen atoms in total. The Kier molecular flexibility index (Phi) is 3.03. The van der Waals surface area contributed by atoms with Crippen LogP contribution >= 0.6 is 22.6 Å². The first kappa shape index (κ1) is 10.6. The van der Waals surface area contributed by atoms with Crippen LogP contribution in [-0.2, 0) is 4.79 Å². The zero-order valence-electron chi connectivity index (χ0n) is 8.27. The second-order valence-electron chi connectivity index (χ2n) is 3.47. The van der Waals surface area contributed by atoms with E-state index in [1.54, 1.807) is 24.3 Å². The molecule has 0 radical (unpaired) electrons. The summed E-state index contributed by atoms with van der Waals surface area (Å²) in [4.78, 5) is 21.5. The number of carbonyl (C=O) groups is 1. The maximum atomic E-state index is 11.6. The highest BCUT2D eigenvalue weighted by Crippen LogP contribution is 2.13. The molecule has 1 aliphatic rings. The van der Waals surface area contributed by atoms with E-state index >= 15 is 0 Å². The van der Waals surface area contributed by atoms with Gasteiger partial charge in [-0.1, -0.05) is 0 Å². The number of likely N-dealkylation sites (N-methyl/N-ethyl adjacent to an activating group) is 1. The number of anilines is 1. The van der Waals surface area contributed by atoms with Crippen LogP contribution in [0.5, 0.6) is 0 Å². The molecule has 0 saturated carbocycles.